The van der Waals surface area contributed by atoms with E-state index in [0.29, 0.717) is 48.3 Å². The minimum absolute atomic E-state index is 0.152. The maximum Gasteiger partial charge on any atom is 0.222 e. The SMILES string of the molecule is Cc1ccc(-c2nnc(SCCCCC(=O)N3CCN(c4ccccc4F)CC3)n2-c2ccc(Cl)c(Cl)c2)cc1. The number of benzene rings is 3. The summed E-state index contributed by atoms with van der Waals surface area (Å²) in [5.74, 6) is 1.45. The molecule has 1 amide bonds. The number of unbranched alkanes of at least 4 members (excludes halogenated alkanes) is 1. The Labute approximate surface area is 248 Å². The monoisotopic (exact) mass is 597 g/mol. The number of carbonyl (C=O) groups excluding carboxylic acids is 1. The van der Waals surface area contributed by atoms with Crippen LogP contribution in [0.15, 0.2) is 71.9 Å². The lowest BCUT2D eigenvalue weighted by Crippen LogP contribution is -2.49. The molecule has 1 aliphatic rings. The molecular weight excluding hydrogens is 568 g/mol. The van der Waals surface area contributed by atoms with Crippen LogP contribution in [0.4, 0.5) is 10.1 Å². The molecule has 1 aromatic heterocycles. The molecule has 0 saturated carbocycles. The van der Waals surface area contributed by atoms with Crippen molar-refractivity contribution < 1.29 is 9.18 Å². The molecule has 0 atom stereocenters. The van der Waals surface area contributed by atoms with Gasteiger partial charge in [0.1, 0.15) is 5.82 Å². The summed E-state index contributed by atoms with van der Waals surface area (Å²) < 4.78 is 16.1. The van der Waals surface area contributed by atoms with Crippen LogP contribution in [-0.4, -0.2) is 57.5 Å². The van der Waals surface area contributed by atoms with Gasteiger partial charge in [-0.2, -0.15) is 0 Å². The molecule has 3 aromatic carbocycles. The van der Waals surface area contributed by atoms with E-state index in [0.717, 1.165) is 40.8 Å². The summed E-state index contributed by atoms with van der Waals surface area (Å²) in [7, 11) is 0. The second-order valence-corrected chi connectivity index (χ2v) is 11.6. The summed E-state index contributed by atoms with van der Waals surface area (Å²) >= 11 is 14.1. The second-order valence-electron chi connectivity index (χ2n) is 9.73. The quantitative estimate of drug-likeness (QED) is 0.150. The van der Waals surface area contributed by atoms with Crippen molar-refractivity contribution in [2.24, 2.45) is 0 Å². The zero-order valence-electron chi connectivity index (χ0n) is 22.2. The topological polar surface area (TPSA) is 54.3 Å². The first-order chi connectivity index (χ1) is 19.4. The first kappa shape index (κ1) is 28.5. The third-order valence-corrected chi connectivity index (χ3v) is 8.70. The minimum atomic E-state index is -0.222. The van der Waals surface area contributed by atoms with Crippen LogP contribution in [-0.2, 0) is 4.79 Å². The Morgan fingerprint density at radius 1 is 0.925 bits per heavy atom. The number of hydrogen-bond donors (Lipinski definition) is 0. The van der Waals surface area contributed by atoms with Crippen molar-refractivity contribution in [1.82, 2.24) is 19.7 Å². The number of aromatic nitrogens is 3. The first-order valence-corrected chi connectivity index (χ1v) is 15.0. The van der Waals surface area contributed by atoms with Crippen LogP contribution in [0.2, 0.25) is 10.0 Å². The van der Waals surface area contributed by atoms with Crippen molar-refractivity contribution in [1.29, 1.82) is 0 Å². The van der Waals surface area contributed by atoms with Crippen molar-refractivity contribution in [2.75, 3.05) is 36.8 Å². The van der Waals surface area contributed by atoms with E-state index in [9.17, 15) is 9.18 Å². The summed E-state index contributed by atoms with van der Waals surface area (Å²) in [5, 5.41) is 10.7. The highest BCUT2D eigenvalue weighted by atomic mass is 35.5. The van der Waals surface area contributed by atoms with Crippen molar-refractivity contribution in [3.8, 4) is 17.1 Å². The molecule has 1 saturated heterocycles. The number of amides is 1. The fourth-order valence-electron chi connectivity index (χ4n) is 4.71. The van der Waals surface area contributed by atoms with Crippen molar-refractivity contribution >= 4 is 46.6 Å². The summed E-state index contributed by atoms with van der Waals surface area (Å²) in [4.78, 5) is 16.7. The lowest BCUT2D eigenvalue weighted by Gasteiger charge is -2.36. The maximum absolute atomic E-state index is 14.1. The molecule has 40 heavy (non-hydrogen) atoms. The molecule has 0 unspecified atom stereocenters. The van der Waals surface area contributed by atoms with E-state index in [1.807, 2.05) is 63.8 Å². The third kappa shape index (κ3) is 6.62. The summed E-state index contributed by atoms with van der Waals surface area (Å²) in [6.07, 6.45) is 2.14. The van der Waals surface area contributed by atoms with Gasteiger partial charge in [-0.3, -0.25) is 9.36 Å². The average Bonchev–Trinajstić information content (AvgIpc) is 3.39. The largest absolute Gasteiger partial charge is 0.366 e. The number of nitrogens with zero attached hydrogens (tertiary/aromatic N) is 5. The number of aryl methyl sites for hydroxylation is 1. The predicted octanol–water partition coefficient (Wildman–Crippen LogP) is 7.30. The molecule has 0 bridgehead atoms. The van der Waals surface area contributed by atoms with Crippen LogP contribution < -0.4 is 4.90 Å². The molecule has 2 heterocycles. The van der Waals surface area contributed by atoms with Gasteiger partial charge >= 0.3 is 0 Å². The van der Waals surface area contributed by atoms with E-state index in [-0.39, 0.29) is 11.7 Å². The van der Waals surface area contributed by atoms with E-state index in [2.05, 4.69) is 10.2 Å². The van der Waals surface area contributed by atoms with Gasteiger partial charge in [0.15, 0.2) is 11.0 Å². The predicted molar refractivity (Wildman–Crippen MR) is 161 cm³/mol. The van der Waals surface area contributed by atoms with Gasteiger partial charge < -0.3 is 9.80 Å². The highest BCUT2D eigenvalue weighted by Crippen LogP contribution is 2.32. The summed E-state index contributed by atoms with van der Waals surface area (Å²) in [5.41, 5.74) is 3.56. The molecule has 6 nitrogen and oxygen atoms in total. The number of carbonyl (C=O) groups is 1. The fraction of sp³-hybridized carbons (Fsp3) is 0.300. The van der Waals surface area contributed by atoms with Gasteiger partial charge in [0.2, 0.25) is 5.91 Å². The smallest absolute Gasteiger partial charge is 0.222 e. The Balaban J connectivity index is 1.16. The molecule has 1 fully saturated rings. The Morgan fingerprint density at radius 3 is 2.40 bits per heavy atom. The first-order valence-electron chi connectivity index (χ1n) is 13.3. The fourth-order valence-corrected chi connectivity index (χ4v) is 5.96. The Bertz CT molecular complexity index is 1470. The van der Waals surface area contributed by atoms with Gasteiger partial charge in [0.25, 0.3) is 0 Å². The number of para-hydroxylation sites is 1. The van der Waals surface area contributed by atoms with Crippen LogP contribution in [0, 0.1) is 12.7 Å². The molecule has 208 valence electrons. The molecule has 0 spiro atoms. The minimum Gasteiger partial charge on any atom is -0.366 e. The third-order valence-electron chi connectivity index (χ3n) is 6.95. The van der Waals surface area contributed by atoms with Gasteiger partial charge in [0.05, 0.1) is 21.4 Å². The average molecular weight is 599 g/mol. The van der Waals surface area contributed by atoms with Crippen molar-refractivity contribution in [2.45, 2.75) is 31.3 Å². The van der Waals surface area contributed by atoms with Crippen LogP contribution in [0.5, 0.6) is 0 Å². The molecule has 0 radical (unpaired) electrons. The lowest BCUT2D eigenvalue weighted by atomic mass is 10.1. The number of thioether (sulfide) groups is 1. The Kier molecular flexibility index (Phi) is 9.29. The van der Waals surface area contributed by atoms with Gasteiger partial charge in [-0.1, -0.05) is 76.9 Å². The molecular formula is C30H30Cl2FN5OS. The van der Waals surface area contributed by atoms with Crippen LogP contribution >= 0.6 is 35.0 Å². The zero-order valence-corrected chi connectivity index (χ0v) is 24.5. The van der Waals surface area contributed by atoms with Gasteiger partial charge in [-0.25, -0.2) is 4.39 Å². The summed E-state index contributed by atoms with van der Waals surface area (Å²) in [6, 6.07) is 20.4. The van der Waals surface area contributed by atoms with Crippen molar-refractivity contribution in [3.05, 3.63) is 88.2 Å². The van der Waals surface area contributed by atoms with Crippen LogP contribution in [0.1, 0.15) is 24.8 Å². The molecule has 5 rings (SSSR count). The number of hydrogen-bond acceptors (Lipinski definition) is 5. The van der Waals surface area contributed by atoms with E-state index in [1.54, 1.807) is 30.0 Å². The highest BCUT2D eigenvalue weighted by molar-refractivity contribution is 7.99. The highest BCUT2D eigenvalue weighted by Gasteiger charge is 2.22. The normalized spacial score (nSPS) is 13.6. The molecule has 4 aromatic rings. The van der Waals surface area contributed by atoms with Crippen LogP contribution in [0.3, 0.4) is 0 Å². The molecule has 0 aliphatic carbocycles. The molecule has 10 heteroatoms. The number of halogens is 3. The van der Waals surface area contributed by atoms with E-state index in [1.165, 1.54) is 11.6 Å². The lowest BCUT2D eigenvalue weighted by molar-refractivity contribution is -0.131. The summed E-state index contributed by atoms with van der Waals surface area (Å²) in [6.45, 7) is 4.53. The maximum atomic E-state index is 14.1. The number of rotatable bonds is 9. The van der Waals surface area contributed by atoms with E-state index < -0.39 is 0 Å². The Hall–Kier alpha value is -3.07. The standard InChI is InChI=1S/C30H30Cl2FN5OS/c1-21-9-11-22(12-10-21)29-34-35-30(38(29)23-13-14-24(31)25(32)20-23)40-19-5-4-8-28(39)37-17-15-36(16-18-37)27-7-3-2-6-26(27)33/h2-3,6-7,9-14,20H,4-5,8,15-19H2,1H3. The zero-order chi connectivity index (χ0) is 28.1. The molecule has 1 aliphatic heterocycles. The van der Waals surface area contributed by atoms with E-state index >= 15 is 0 Å². The Morgan fingerprint density at radius 2 is 1.68 bits per heavy atom. The molecule has 0 N–H and O–H groups in total. The van der Waals surface area contributed by atoms with Gasteiger partial charge in [0, 0.05) is 43.9 Å². The van der Waals surface area contributed by atoms with Crippen molar-refractivity contribution in [3.63, 3.8) is 0 Å². The van der Waals surface area contributed by atoms with Gasteiger partial charge in [-0.15, -0.1) is 10.2 Å². The van der Waals surface area contributed by atoms with Crippen LogP contribution in [0.25, 0.3) is 17.1 Å². The number of anilines is 1. The van der Waals surface area contributed by atoms with Gasteiger partial charge in [-0.05, 0) is 50.1 Å². The van der Waals surface area contributed by atoms with E-state index in [4.69, 9.17) is 23.2 Å². The second kappa shape index (κ2) is 13.1. The number of piperazine rings is 1.